The Morgan fingerprint density at radius 3 is 3.06 bits per heavy atom. The lowest BCUT2D eigenvalue weighted by molar-refractivity contribution is 0.150. The number of para-hydroxylation sites is 1. The van der Waals surface area contributed by atoms with E-state index in [0.717, 1.165) is 16.6 Å². The number of benzene rings is 1. The molecule has 1 aliphatic rings. The van der Waals surface area contributed by atoms with Gasteiger partial charge in [-0.25, -0.2) is 0 Å². The van der Waals surface area contributed by atoms with E-state index in [1.807, 2.05) is 34.9 Å². The normalized spacial score (nSPS) is 23.1. The number of azide groups is 1. The average Bonchev–Trinajstić information content (AvgIpc) is 2.78. The van der Waals surface area contributed by atoms with Crippen molar-refractivity contribution in [2.24, 2.45) is 5.11 Å². The summed E-state index contributed by atoms with van der Waals surface area (Å²) in [5.74, 6) is 0. The molecule has 1 N–H and O–H groups in total. The van der Waals surface area contributed by atoms with E-state index in [9.17, 15) is 5.11 Å². The molecule has 1 aromatic heterocycles. The largest absolute Gasteiger partial charge is 0.390 e. The summed E-state index contributed by atoms with van der Waals surface area (Å²) in [6, 6.07) is 9.46. The lowest BCUT2D eigenvalue weighted by Crippen LogP contribution is -2.11. The van der Waals surface area contributed by atoms with Crippen LogP contribution in [0.15, 0.2) is 35.4 Å². The van der Waals surface area contributed by atoms with E-state index in [2.05, 4.69) is 10.0 Å². The Bertz CT molecular complexity index is 597. The Hall–Kier alpha value is -1.97. The van der Waals surface area contributed by atoms with Crippen molar-refractivity contribution in [3.8, 4) is 0 Å². The zero-order valence-electron chi connectivity index (χ0n) is 8.48. The molecular formula is C11H10N4O. The fourth-order valence-corrected chi connectivity index (χ4v) is 2.36. The van der Waals surface area contributed by atoms with E-state index in [1.54, 1.807) is 0 Å². The molecular weight excluding hydrogens is 204 g/mol. The van der Waals surface area contributed by atoms with E-state index in [1.165, 1.54) is 0 Å². The second kappa shape index (κ2) is 3.27. The second-order valence-electron chi connectivity index (χ2n) is 3.96. The third-order valence-corrected chi connectivity index (χ3v) is 3.06. The van der Waals surface area contributed by atoms with Gasteiger partial charge in [0.15, 0.2) is 0 Å². The van der Waals surface area contributed by atoms with Crippen LogP contribution in [-0.2, 0) is 6.54 Å². The monoisotopic (exact) mass is 214 g/mol. The number of aromatic nitrogens is 1. The first kappa shape index (κ1) is 9.27. The molecule has 2 atom stereocenters. The predicted molar refractivity (Wildman–Crippen MR) is 59.8 cm³/mol. The molecule has 0 saturated heterocycles. The lowest BCUT2D eigenvalue weighted by atomic mass is 10.1. The second-order valence-corrected chi connectivity index (χ2v) is 3.96. The van der Waals surface area contributed by atoms with Gasteiger partial charge in [-0.3, -0.25) is 0 Å². The minimum Gasteiger partial charge on any atom is -0.390 e. The van der Waals surface area contributed by atoms with Gasteiger partial charge in [0, 0.05) is 22.7 Å². The summed E-state index contributed by atoms with van der Waals surface area (Å²) in [7, 11) is 0. The third-order valence-electron chi connectivity index (χ3n) is 3.06. The zero-order valence-corrected chi connectivity index (χ0v) is 8.48. The molecule has 2 aromatic rings. The molecule has 1 aromatic carbocycles. The molecule has 0 aliphatic carbocycles. The van der Waals surface area contributed by atoms with Crippen LogP contribution in [0, 0.1) is 0 Å². The summed E-state index contributed by atoms with van der Waals surface area (Å²) < 4.78 is 2.01. The van der Waals surface area contributed by atoms with E-state index >= 15 is 0 Å². The lowest BCUT2D eigenvalue weighted by Gasteiger charge is -2.05. The van der Waals surface area contributed by atoms with Crippen LogP contribution in [0.25, 0.3) is 21.3 Å². The maximum Gasteiger partial charge on any atom is 0.105 e. The molecule has 0 spiro atoms. The first-order chi connectivity index (χ1) is 7.81. The fraction of sp³-hybridized carbons (Fsp3) is 0.273. The van der Waals surface area contributed by atoms with E-state index in [-0.39, 0.29) is 0 Å². The highest BCUT2D eigenvalue weighted by molar-refractivity contribution is 5.81. The van der Waals surface area contributed by atoms with E-state index in [0.29, 0.717) is 6.54 Å². The maximum absolute atomic E-state index is 9.80. The van der Waals surface area contributed by atoms with Gasteiger partial charge in [-0.05, 0) is 23.1 Å². The van der Waals surface area contributed by atoms with Crippen LogP contribution in [0.1, 0.15) is 11.7 Å². The maximum atomic E-state index is 9.80. The molecule has 3 rings (SSSR count). The van der Waals surface area contributed by atoms with Crippen LogP contribution < -0.4 is 0 Å². The number of aliphatic hydroxyl groups is 1. The highest BCUT2D eigenvalue weighted by Crippen LogP contribution is 2.35. The summed E-state index contributed by atoms with van der Waals surface area (Å²) in [6.45, 7) is 0.493. The van der Waals surface area contributed by atoms with E-state index < -0.39 is 12.1 Å². The van der Waals surface area contributed by atoms with Crippen LogP contribution in [0.2, 0.25) is 0 Å². The molecule has 0 bridgehead atoms. The number of aliphatic hydroxyl groups excluding tert-OH is 1. The number of hydrogen-bond acceptors (Lipinski definition) is 2. The van der Waals surface area contributed by atoms with Gasteiger partial charge in [-0.1, -0.05) is 23.3 Å². The van der Waals surface area contributed by atoms with Gasteiger partial charge in [0.05, 0.1) is 6.10 Å². The molecule has 1 aliphatic heterocycles. The van der Waals surface area contributed by atoms with Crippen molar-refractivity contribution in [2.45, 2.75) is 18.7 Å². The Labute approximate surface area is 91.5 Å². The first-order valence-electron chi connectivity index (χ1n) is 5.11. The van der Waals surface area contributed by atoms with Gasteiger partial charge in [-0.15, -0.1) is 0 Å². The average molecular weight is 214 g/mol. The van der Waals surface area contributed by atoms with E-state index in [4.69, 9.17) is 5.53 Å². The van der Waals surface area contributed by atoms with Crippen molar-refractivity contribution in [2.75, 3.05) is 0 Å². The number of hydrogen-bond donors (Lipinski definition) is 1. The molecule has 0 saturated carbocycles. The quantitative estimate of drug-likeness (QED) is 0.441. The molecule has 0 fully saturated rings. The summed E-state index contributed by atoms with van der Waals surface area (Å²) in [5.41, 5.74) is 10.5. The van der Waals surface area contributed by atoms with Crippen LogP contribution in [0.4, 0.5) is 0 Å². The smallest absolute Gasteiger partial charge is 0.105 e. The van der Waals surface area contributed by atoms with Gasteiger partial charge < -0.3 is 9.67 Å². The van der Waals surface area contributed by atoms with Gasteiger partial charge in [0.2, 0.25) is 0 Å². The molecule has 2 heterocycles. The molecule has 5 heteroatoms. The van der Waals surface area contributed by atoms with Crippen LogP contribution >= 0.6 is 0 Å². The highest BCUT2D eigenvalue weighted by Gasteiger charge is 2.31. The van der Waals surface area contributed by atoms with Gasteiger partial charge in [0.1, 0.15) is 6.04 Å². The molecule has 16 heavy (non-hydrogen) atoms. The Morgan fingerprint density at radius 2 is 2.25 bits per heavy atom. The Morgan fingerprint density at radius 1 is 1.44 bits per heavy atom. The van der Waals surface area contributed by atoms with Crippen molar-refractivity contribution < 1.29 is 5.11 Å². The minimum atomic E-state index is -0.615. The summed E-state index contributed by atoms with van der Waals surface area (Å²) in [4.78, 5) is 2.79. The van der Waals surface area contributed by atoms with Gasteiger partial charge in [0.25, 0.3) is 0 Å². The van der Waals surface area contributed by atoms with Crippen molar-refractivity contribution >= 4 is 10.9 Å². The highest BCUT2D eigenvalue weighted by atomic mass is 16.3. The van der Waals surface area contributed by atoms with Crippen LogP contribution in [-0.4, -0.2) is 15.8 Å². The minimum absolute atomic E-state index is 0.461. The molecule has 0 radical (unpaired) electrons. The van der Waals surface area contributed by atoms with Crippen LogP contribution in [0.3, 0.4) is 0 Å². The third kappa shape index (κ3) is 1.13. The predicted octanol–water partition coefficient (Wildman–Crippen LogP) is 2.37. The number of fused-ring (bicyclic) bond motifs is 3. The van der Waals surface area contributed by atoms with Gasteiger partial charge in [-0.2, -0.15) is 0 Å². The van der Waals surface area contributed by atoms with Crippen molar-refractivity contribution in [3.05, 3.63) is 46.5 Å². The number of nitrogens with zero attached hydrogens (tertiary/aromatic N) is 4. The molecule has 0 amide bonds. The summed E-state index contributed by atoms with van der Waals surface area (Å²) >= 11 is 0. The molecule has 80 valence electrons. The Kier molecular flexibility index (Phi) is 1.89. The number of rotatable bonds is 1. The first-order valence-corrected chi connectivity index (χ1v) is 5.11. The zero-order chi connectivity index (χ0) is 11.1. The van der Waals surface area contributed by atoms with Crippen molar-refractivity contribution in [3.63, 3.8) is 0 Å². The standard InChI is InChI=1S/C11H10N4O/c12-14-13-11-9-5-7-3-1-2-4-8(7)15(9)6-10(11)16/h1-5,10-11,16H,6H2/t10-,11-/m1/s1. The Balaban J connectivity index is 2.25. The summed E-state index contributed by atoms with van der Waals surface area (Å²) in [6.07, 6.45) is -0.615. The van der Waals surface area contributed by atoms with Crippen LogP contribution in [0.5, 0.6) is 0 Å². The molecule has 5 nitrogen and oxygen atoms in total. The summed E-state index contributed by atoms with van der Waals surface area (Å²) in [5, 5.41) is 14.6. The fourth-order valence-electron chi connectivity index (χ4n) is 2.36. The SMILES string of the molecule is [N-]=[N+]=N[C@@H]1c2cc3ccccc3n2C[C@H]1O. The van der Waals surface area contributed by atoms with Gasteiger partial charge >= 0.3 is 0 Å². The topological polar surface area (TPSA) is 73.9 Å². The van der Waals surface area contributed by atoms with Crippen molar-refractivity contribution in [1.82, 2.24) is 4.57 Å². The molecule has 0 unspecified atom stereocenters. The van der Waals surface area contributed by atoms with Crippen molar-refractivity contribution in [1.29, 1.82) is 0 Å².